The Morgan fingerprint density at radius 3 is 2.63 bits per heavy atom. The maximum Gasteiger partial charge on any atom is 0.262 e. The van der Waals surface area contributed by atoms with Crippen molar-refractivity contribution in [2.24, 2.45) is 0 Å². The van der Waals surface area contributed by atoms with E-state index in [-0.39, 0.29) is 22.8 Å². The Bertz CT molecular complexity index is 1070. The highest BCUT2D eigenvalue weighted by Crippen LogP contribution is 2.37. The number of hydrogen-bond donors (Lipinski definition) is 1. The van der Waals surface area contributed by atoms with Gasteiger partial charge in [-0.3, -0.25) is 14.2 Å². The molecule has 1 amide bonds. The van der Waals surface area contributed by atoms with E-state index in [9.17, 15) is 9.59 Å². The van der Waals surface area contributed by atoms with Gasteiger partial charge in [-0.2, -0.15) is 0 Å². The van der Waals surface area contributed by atoms with E-state index in [2.05, 4.69) is 5.32 Å². The van der Waals surface area contributed by atoms with Crippen LogP contribution in [0.15, 0.2) is 58.5 Å². The molecule has 0 aliphatic heterocycles. The van der Waals surface area contributed by atoms with Crippen molar-refractivity contribution in [3.05, 3.63) is 64.4 Å². The number of anilines is 1. The summed E-state index contributed by atoms with van der Waals surface area (Å²) in [7, 11) is 0. The fourth-order valence-electron chi connectivity index (χ4n) is 3.02. The van der Waals surface area contributed by atoms with Crippen molar-refractivity contribution in [2.45, 2.75) is 43.1 Å². The molecule has 1 aromatic heterocycles. The highest BCUT2D eigenvalue weighted by Gasteiger charge is 2.30. The maximum atomic E-state index is 12.9. The Kier molecular flexibility index (Phi) is 4.74. The summed E-state index contributed by atoms with van der Waals surface area (Å²) in [6.45, 7) is 3.81. The Morgan fingerprint density at radius 2 is 1.89 bits per heavy atom. The van der Waals surface area contributed by atoms with E-state index in [1.807, 2.05) is 62.4 Å². The summed E-state index contributed by atoms with van der Waals surface area (Å²) in [4.78, 5) is 30.3. The molecule has 1 atom stereocenters. The summed E-state index contributed by atoms with van der Waals surface area (Å²) in [5.41, 5.74) is 2.48. The van der Waals surface area contributed by atoms with E-state index in [1.54, 1.807) is 4.57 Å². The van der Waals surface area contributed by atoms with Gasteiger partial charge in [0, 0.05) is 11.7 Å². The molecule has 4 rings (SSSR count). The van der Waals surface area contributed by atoms with Crippen LogP contribution in [0, 0.1) is 6.92 Å². The molecule has 1 N–H and O–H groups in total. The van der Waals surface area contributed by atoms with Crippen molar-refractivity contribution in [1.29, 1.82) is 0 Å². The molecule has 2 aromatic carbocycles. The lowest BCUT2D eigenvalue weighted by molar-refractivity contribution is -0.115. The van der Waals surface area contributed by atoms with Crippen LogP contribution in [0.2, 0.25) is 0 Å². The van der Waals surface area contributed by atoms with Crippen LogP contribution in [0.4, 0.5) is 5.69 Å². The minimum atomic E-state index is -0.373. The molecule has 1 aliphatic rings. The zero-order chi connectivity index (χ0) is 19.0. The van der Waals surface area contributed by atoms with Gasteiger partial charge in [0.25, 0.3) is 5.56 Å². The van der Waals surface area contributed by atoms with Gasteiger partial charge in [-0.1, -0.05) is 42.1 Å². The molecule has 5 nitrogen and oxygen atoms in total. The summed E-state index contributed by atoms with van der Waals surface area (Å²) in [6.07, 6.45) is 1.97. The first kappa shape index (κ1) is 17.8. The van der Waals surface area contributed by atoms with Gasteiger partial charge < -0.3 is 5.32 Å². The first-order valence-electron chi connectivity index (χ1n) is 9.09. The number of nitrogens with one attached hydrogen (secondary N) is 1. The fraction of sp³-hybridized carbons (Fsp3) is 0.286. The van der Waals surface area contributed by atoms with Crippen LogP contribution >= 0.6 is 11.8 Å². The molecule has 0 spiro atoms. The molecule has 27 heavy (non-hydrogen) atoms. The number of carbonyl (C=O) groups excluding carboxylic acids is 1. The van der Waals surface area contributed by atoms with Gasteiger partial charge in [-0.25, -0.2) is 4.98 Å². The summed E-state index contributed by atoms with van der Waals surface area (Å²) in [5.74, 6) is -0.0981. The lowest BCUT2D eigenvalue weighted by Crippen LogP contribution is -2.26. The predicted octanol–water partition coefficient (Wildman–Crippen LogP) is 4.16. The second-order valence-electron chi connectivity index (χ2n) is 6.88. The average Bonchev–Trinajstić information content (AvgIpc) is 3.48. The van der Waals surface area contributed by atoms with E-state index in [0.29, 0.717) is 16.1 Å². The first-order valence-corrected chi connectivity index (χ1v) is 9.97. The van der Waals surface area contributed by atoms with E-state index >= 15 is 0 Å². The second kappa shape index (κ2) is 7.19. The van der Waals surface area contributed by atoms with Crippen LogP contribution in [0.1, 0.15) is 31.4 Å². The third-order valence-electron chi connectivity index (χ3n) is 4.74. The zero-order valence-electron chi connectivity index (χ0n) is 15.3. The standard InChI is InChI=1S/C21H21N3O2S/c1-13-7-3-5-9-17(13)22-19(25)14(2)27-21-23-18-10-6-4-8-16(18)20(26)24(21)15-11-12-15/h3-10,14-15H,11-12H2,1-2H3,(H,22,25). The van der Waals surface area contributed by atoms with Gasteiger partial charge in [0.1, 0.15) is 0 Å². The first-order chi connectivity index (χ1) is 13.0. The minimum Gasteiger partial charge on any atom is -0.325 e. The summed E-state index contributed by atoms with van der Waals surface area (Å²) >= 11 is 1.34. The van der Waals surface area contributed by atoms with Crippen molar-refractivity contribution >= 4 is 34.3 Å². The van der Waals surface area contributed by atoms with Crippen LogP contribution in [-0.4, -0.2) is 20.7 Å². The number of para-hydroxylation sites is 2. The van der Waals surface area contributed by atoms with Crippen LogP contribution < -0.4 is 10.9 Å². The number of thioether (sulfide) groups is 1. The lowest BCUT2D eigenvalue weighted by atomic mass is 10.2. The molecule has 0 bridgehead atoms. The number of amides is 1. The Balaban J connectivity index is 1.62. The third kappa shape index (κ3) is 3.62. The summed E-state index contributed by atoms with van der Waals surface area (Å²) < 4.78 is 1.77. The molecule has 0 radical (unpaired) electrons. The molecule has 138 valence electrons. The number of aryl methyl sites for hydroxylation is 1. The molecule has 3 aromatic rings. The number of benzene rings is 2. The topological polar surface area (TPSA) is 64.0 Å². The van der Waals surface area contributed by atoms with Crippen LogP contribution in [-0.2, 0) is 4.79 Å². The van der Waals surface area contributed by atoms with Crippen LogP contribution in [0.5, 0.6) is 0 Å². The molecule has 1 aliphatic carbocycles. The van der Waals surface area contributed by atoms with Crippen molar-refractivity contribution in [3.8, 4) is 0 Å². The molecule has 1 saturated carbocycles. The van der Waals surface area contributed by atoms with Gasteiger partial charge in [-0.05, 0) is 50.5 Å². The number of hydrogen-bond acceptors (Lipinski definition) is 4. The number of nitrogens with zero attached hydrogens (tertiary/aromatic N) is 2. The predicted molar refractivity (Wildman–Crippen MR) is 109 cm³/mol. The summed E-state index contributed by atoms with van der Waals surface area (Å²) in [5, 5.41) is 3.85. The second-order valence-corrected chi connectivity index (χ2v) is 8.19. The van der Waals surface area contributed by atoms with Gasteiger partial charge in [0.2, 0.25) is 5.91 Å². The molecule has 1 heterocycles. The highest BCUT2D eigenvalue weighted by molar-refractivity contribution is 8.00. The summed E-state index contributed by atoms with van der Waals surface area (Å²) in [6, 6.07) is 15.3. The third-order valence-corrected chi connectivity index (χ3v) is 5.81. The lowest BCUT2D eigenvalue weighted by Gasteiger charge is -2.16. The SMILES string of the molecule is Cc1ccccc1NC(=O)C(C)Sc1nc2ccccc2c(=O)n1C1CC1. The van der Waals surface area contributed by atoms with Gasteiger partial charge in [0.05, 0.1) is 16.2 Å². The molecule has 1 unspecified atom stereocenters. The quantitative estimate of drug-likeness (QED) is 0.534. The van der Waals surface area contributed by atoms with Crippen molar-refractivity contribution in [1.82, 2.24) is 9.55 Å². The van der Waals surface area contributed by atoms with E-state index in [0.717, 1.165) is 24.1 Å². The molecular formula is C21H21N3O2S. The van der Waals surface area contributed by atoms with Gasteiger partial charge >= 0.3 is 0 Å². The van der Waals surface area contributed by atoms with Crippen molar-refractivity contribution in [3.63, 3.8) is 0 Å². The van der Waals surface area contributed by atoms with E-state index in [4.69, 9.17) is 4.98 Å². The maximum absolute atomic E-state index is 12.9. The number of fused-ring (bicyclic) bond motifs is 1. The largest absolute Gasteiger partial charge is 0.325 e. The van der Waals surface area contributed by atoms with Crippen LogP contribution in [0.25, 0.3) is 10.9 Å². The normalized spacial score (nSPS) is 14.9. The number of aromatic nitrogens is 2. The fourth-order valence-corrected chi connectivity index (χ4v) is 4.00. The molecular weight excluding hydrogens is 358 g/mol. The number of rotatable bonds is 5. The molecule has 0 saturated heterocycles. The van der Waals surface area contributed by atoms with Crippen molar-refractivity contribution in [2.75, 3.05) is 5.32 Å². The number of carbonyl (C=O) groups is 1. The minimum absolute atomic E-state index is 0.0166. The molecule has 6 heteroatoms. The van der Waals surface area contributed by atoms with Gasteiger partial charge in [-0.15, -0.1) is 0 Å². The smallest absolute Gasteiger partial charge is 0.262 e. The Labute approximate surface area is 161 Å². The highest BCUT2D eigenvalue weighted by atomic mass is 32.2. The van der Waals surface area contributed by atoms with Gasteiger partial charge in [0.15, 0.2) is 5.16 Å². The Morgan fingerprint density at radius 1 is 1.19 bits per heavy atom. The van der Waals surface area contributed by atoms with Crippen molar-refractivity contribution < 1.29 is 4.79 Å². The average molecular weight is 379 g/mol. The molecule has 1 fully saturated rings. The zero-order valence-corrected chi connectivity index (χ0v) is 16.1. The van der Waals surface area contributed by atoms with Crippen LogP contribution in [0.3, 0.4) is 0 Å². The van der Waals surface area contributed by atoms with E-state index < -0.39 is 0 Å². The van der Waals surface area contributed by atoms with E-state index in [1.165, 1.54) is 11.8 Å². The Hall–Kier alpha value is -2.60. The monoisotopic (exact) mass is 379 g/mol.